The van der Waals surface area contributed by atoms with Gasteiger partial charge in [-0.2, -0.15) is 0 Å². The Hall–Kier alpha value is -1.32. The van der Waals surface area contributed by atoms with Crippen molar-refractivity contribution in [3.05, 3.63) is 54.3 Å². The summed E-state index contributed by atoms with van der Waals surface area (Å²) < 4.78 is 11.5. The molecule has 1 aromatic carbocycles. The van der Waals surface area contributed by atoms with Crippen molar-refractivity contribution in [2.24, 2.45) is 0 Å². The first kappa shape index (κ1) is 17.7. The van der Waals surface area contributed by atoms with Gasteiger partial charge in [0.25, 0.3) is 0 Å². The molecule has 0 amide bonds. The Morgan fingerprint density at radius 1 is 1.24 bits per heavy atom. The van der Waals surface area contributed by atoms with Gasteiger partial charge in [0.05, 0.1) is 12.4 Å². The molecule has 21 heavy (non-hydrogen) atoms. The molecule has 3 heteroatoms. The fourth-order valence-electron chi connectivity index (χ4n) is 2.01. The smallest absolute Gasteiger partial charge is 0.241 e. The maximum absolute atomic E-state index is 5.83. The van der Waals surface area contributed by atoms with E-state index in [0.29, 0.717) is 6.61 Å². The second kappa shape index (κ2) is 8.85. The molecular weight excluding hydrogens is 276 g/mol. The summed E-state index contributed by atoms with van der Waals surface area (Å²) in [5.41, 5.74) is 2.33. The fourth-order valence-corrected chi connectivity index (χ4v) is 2.98. The van der Waals surface area contributed by atoms with Crippen molar-refractivity contribution in [3.63, 3.8) is 0 Å². The monoisotopic (exact) mass is 304 g/mol. The Balaban J connectivity index is 2.12. The Bertz CT molecular complexity index is 461. The second-order valence-electron chi connectivity index (χ2n) is 6.21. The molecule has 1 aromatic rings. The van der Waals surface area contributed by atoms with E-state index in [4.69, 9.17) is 9.16 Å². The predicted octanol–water partition coefficient (Wildman–Crippen LogP) is 5.38. The van der Waals surface area contributed by atoms with Gasteiger partial charge in [-0.05, 0) is 49.7 Å². The van der Waals surface area contributed by atoms with Gasteiger partial charge in [0, 0.05) is 13.0 Å². The van der Waals surface area contributed by atoms with Crippen molar-refractivity contribution < 1.29 is 9.16 Å². The topological polar surface area (TPSA) is 18.5 Å². The van der Waals surface area contributed by atoms with E-state index in [2.05, 4.69) is 44.9 Å². The van der Waals surface area contributed by atoms with E-state index in [0.717, 1.165) is 37.2 Å². The van der Waals surface area contributed by atoms with Gasteiger partial charge in [-0.25, -0.2) is 0 Å². The van der Waals surface area contributed by atoms with Crippen molar-refractivity contribution in [1.82, 2.24) is 0 Å². The standard InChI is InChI=1S/C18H28O2Si/c1-6-17-11-9-12-18(14-17)15-19-13-8-7-10-16(2)20-21(3,4)5/h6,9,11-12,14H,1-2,7-8,10,13,15H2,3-5H3. The number of hydrogen-bond acceptors (Lipinski definition) is 2. The van der Waals surface area contributed by atoms with E-state index >= 15 is 0 Å². The van der Waals surface area contributed by atoms with E-state index in [-0.39, 0.29) is 0 Å². The summed E-state index contributed by atoms with van der Waals surface area (Å²) in [6.07, 6.45) is 4.89. The average Bonchev–Trinajstić information content (AvgIpc) is 2.41. The molecule has 0 radical (unpaired) electrons. The predicted molar refractivity (Wildman–Crippen MR) is 93.6 cm³/mol. The van der Waals surface area contributed by atoms with Gasteiger partial charge in [0.15, 0.2) is 0 Å². The van der Waals surface area contributed by atoms with Crippen LogP contribution in [0.1, 0.15) is 30.4 Å². The molecule has 1 rings (SSSR count). The maximum atomic E-state index is 5.83. The van der Waals surface area contributed by atoms with Crippen molar-refractivity contribution in [2.75, 3.05) is 6.61 Å². The van der Waals surface area contributed by atoms with Gasteiger partial charge in [-0.3, -0.25) is 0 Å². The van der Waals surface area contributed by atoms with Crippen LogP contribution in [-0.4, -0.2) is 14.9 Å². The summed E-state index contributed by atoms with van der Waals surface area (Å²) in [5, 5.41) is 0. The van der Waals surface area contributed by atoms with Crippen molar-refractivity contribution in [3.8, 4) is 0 Å². The van der Waals surface area contributed by atoms with Crippen LogP contribution in [-0.2, 0) is 15.8 Å². The van der Waals surface area contributed by atoms with E-state index in [1.54, 1.807) is 0 Å². The molecule has 0 aromatic heterocycles. The van der Waals surface area contributed by atoms with Crippen LogP contribution in [0.25, 0.3) is 6.08 Å². The largest absolute Gasteiger partial charge is 0.548 e. The molecule has 0 aliphatic rings. The molecule has 0 atom stereocenters. The molecule has 0 aliphatic heterocycles. The number of ether oxygens (including phenoxy) is 1. The van der Waals surface area contributed by atoms with Crippen LogP contribution in [0.4, 0.5) is 0 Å². The summed E-state index contributed by atoms with van der Waals surface area (Å²) in [7, 11) is -1.49. The Morgan fingerprint density at radius 3 is 2.67 bits per heavy atom. The van der Waals surface area contributed by atoms with Gasteiger partial charge < -0.3 is 9.16 Å². The van der Waals surface area contributed by atoms with Gasteiger partial charge in [0.2, 0.25) is 8.32 Å². The highest BCUT2D eigenvalue weighted by Gasteiger charge is 2.16. The van der Waals surface area contributed by atoms with Crippen LogP contribution in [0.15, 0.2) is 43.2 Å². The lowest BCUT2D eigenvalue weighted by Crippen LogP contribution is -2.24. The lowest BCUT2D eigenvalue weighted by molar-refractivity contribution is 0.117. The Morgan fingerprint density at radius 2 is 2.00 bits per heavy atom. The highest BCUT2D eigenvalue weighted by atomic mass is 28.4. The van der Waals surface area contributed by atoms with Crippen LogP contribution in [0, 0.1) is 0 Å². The number of benzene rings is 1. The summed E-state index contributed by atoms with van der Waals surface area (Å²) in [6, 6.07) is 8.27. The van der Waals surface area contributed by atoms with Crippen LogP contribution < -0.4 is 0 Å². The molecule has 0 saturated heterocycles. The number of allylic oxidation sites excluding steroid dienone is 1. The molecule has 0 aliphatic carbocycles. The van der Waals surface area contributed by atoms with Crippen LogP contribution in [0.3, 0.4) is 0 Å². The molecule has 0 fully saturated rings. The minimum Gasteiger partial charge on any atom is -0.548 e. The number of rotatable bonds is 10. The van der Waals surface area contributed by atoms with Gasteiger partial charge in [-0.15, -0.1) is 0 Å². The third-order valence-electron chi connectivity index (χ3n) is 2.90. The summed E-state index contributed by atoms with van der Waals surface area (Å²) in [5.74, 6) is 0.924. The number of unbranched alkanes of at least 4 members (excludes halogenated alkanes) is 1. The van der Waals surface area contributed by atoms with E-state index in [1.807, 2.05) is 18.2 Å². The first-order valence-corrected chi connectivity index (χ1v) is 11.0. The fraction of sp³-hybridized carbons (Fsp3) is 0.444. The minimum atomic E-state index is -1.49. The molecule has 2 nitrogen and oxygen atoms in total. The maximum Gasteiger partial charge on any atom is 0.241 e. The third-order valence-corrected chi connectivity index (χ3v) is 3.80. The highest BCUT2D eigenvalue weighted by Crippen LogP contribution is 2.14. The zero-order valence-corrected chi connectivity index (χ0v) is 14.7. The van der Waals surface area contributed by atoms with Crippen LogP contribution in [0.2, 0.25) is 19.6 Å². The normalized spacial score (nSPS) is 11.2. The Labute approximate surface area is 130 Å². The molecule has 0 bridgehead atoms. The third kappa shape index (κ3) is 8.53. The van der Waals surface area contributed by atoms with Gasteiger partial charge in [0.1, 0.15) is 0 Å². The van der Waals surface area contributed by atoms with E-state index in [9.17, 15) is 0 Å². The van der Waals surface area contributed by atoms with Gasteiger partial charge in [-0.1, -0.05) is 37.4 Å². The lowest BCUT2D eigenvalue weighted by Gasteiger charge is -2.20. The molecule has 0 saturated carbocycles. The van der Waals surface area contributed by atoms with Crippen LogP contribution >= 0.6 is 0 Å². The SMILES string of the molecule is C=Cc1cccc(COCCCCC(=C)O[Si](C)(C)C)c1. The lowest BCUT2D eigenvalue weighted by atomic mass is 10.1. The quantitative estimate of drug-likeness (QED) is 0.328. The van der Waals surface area contributed by atoms with Crippen molar-refractivity contribution in [1.29, 1.82) is 0 Å². The molecule has 116 valence electrons. The minimum absolute atomic E-state index is 0.661. The zero-order valence-electron chi connectivity index (χ0n) is 13.7. The van der Waals surface area contributed by atoms with E-state index < -0.39 is 8.32 Å². The summed E-state index contributed by atoms with van der Waals surface area (Å²) >= 11 is 0. The van der Waals surface area contributed by atoms with Crippen molar-refractivity contribution >= 4 is 14.4 Å². The highest BCUT2D eigenvalue weighted by molar-refractivity contribution is 6.70. The van der Waals surface area contributed by atoms with Gasteiger partial charge >= 0.3 is 0 Å². The zero-order chi connectivity index (χ0) is 15.7. The molecule has 0 unspecified atom stereocenters. The molecule has 0 spiro atoms. The number of hydrogen-bond donors (Lipinski definition) is 0. The first-order valence-electron chi connectivity index (χ1n) is 7.56. The van der Waals surface area contributed by atoms with Crippen LogP contribution in [0.5, 0.6) is 0 Å². The average molecular weight is 305 g/mol. The molecular formula is C18H28O2Si. The first-order chi connectivity index (χ1) is 9.90. The Kier molecular flexibility index (Phi) is 7.47. The van der Waals surface area contributed by atoms with E-state index in [1.165, 1.54) is 5.56 Å². The van der Waals surface area contributed by atoms with Crippen molar-refractivity contribution in [2.45, 2.75) is 45.5 Å². The molecule has 0 N–H and O–H groups in total. The summed E-state index contributed by atoms with van der Waals surface area (Å²) in [4.78, 5) is 0. The second-order valence-corrected chi connectivity index (χ2v) is 10.6. The summed E-state index contributed by atoms with van der Waals surface area (Å²) in [6.45, 7) is 15.7. The molecule has 0 heterocycles.